The van der Waals surface area contributed by atoms with Crippen LogP contribution in [0, 0.1) is 0 Å². The average Bonchev–Trinajstić information content (AvgIpc) is 2.57. The number of hydrogen-bond donors (Lipinski definition) is 2. The molecule has 0 aliphatic heterocycles. The van der Waals surface area contributed by atoms with E-state index in [2.05, 4.69) is 0 Å². The van der Waals surface area contributed by atoms with Crippen molar-refractivity contribution in [1.29, 1.82) is 0 Å². The third kappa shape index (κ3) is 2.12. The van der Waals surface area contributed by atoms with Crippen molar-refractivity contribution < 1.29 is 10.00 Å². The predicted molar refractivity (Wildman–Crippen MR) is 95.0 cm³/mol. The number of phenols is 1. The zero-order chi connectivity index (χ0) is 15.7. The van der Waals surface area contributed by atoms with Gasteiger partial charge in [-0.05, 0) is 0 Å². The molecule has 3 rings (SSSR count). The van der Waals surface area contributed by atoms with E-state index in [0.29, 0.717) is 5.30 Å². The number of para-hydroxylation sites is 1. The molecule has 0 spiro atoms. The van der Waals surface area contributed by atoms with Gasteiger partial charge in [0, 0.05) is 0 Å². The molecule has 0 amide bonds. The van der Waals surface area contributed by atoms with Crippen LogP contribution in [0.5, 0.6) is 5.75 Å². The molecule has 3 aromatic rings. The molecule has 0 atom stereocenters. The molecule has 0 aliphatic carbocycles. The minimum absolute atomic E-state index is 0.123. The summed E-state index contributed by atoms with van der Waals surface area (Å²) in [5.41, 5.74) is 0. The molecular weight excluding hydrogens is 291 g/mol. The van der Waals surface area contributed by atoms with Gasteiger partial charge in [0.1, 0.15) is 0 Å². The molecular formula is C19H19O2P. The van der Waals surface area contributed by atoms with Gasteiger partial charge in [0.15, 0.2) is 0 Å². The van der Waals surface area contributed by atoms with E-state index in [9.17, 15) is 10.00 Å². The maximum atomic E-state index is 12.0. The Morgan fingerprint density at radius 1 is 0.636 bits per heavy atom. The maximum absolute atomic E-state index is 12.0. The molecule has 0 unspecified atom stereocenters. The van der Waals surface area contributed by atoms with E-state index in [1.165, 1.54) is 0 Å². The first kappa shape index (κ1) is 14.8. The van der Waals surface area contributed by atoms with Gasteiger partial charge in [-0.2, -0.15) is 0 Å². The molecule has 112 valence electrons. The van der Waals surface area contributed by atoms with Crippen LogP contribution in [0.1, 0.15) is 0 Å². The number of benzene rings is 3. The zero-order valence-electron chi connectivity index (χ0n) is 12.4. The molecule has 0 bridgehead atoms. The second-order valence-corrected chi connectivity index (χ2v) is 10.2. The van der Waals surface area contributed by atoms with Crippen LogP contribution in [-0.2, 0) is 0 Å². The van der Waals surface area contributed by atoms with Gasteiger partial charge in [0.25, 0.3) is 0 Å². The average molecular weight is 310 g/mol. The molecule has 0 heterocycles. The van der Waals surface area contributed by atoms with E-state index in [1.54, 1.807) is 12.1 Å². The molecule has 3 aromatic carbocycles. The summed E-state index contributed by atoms with van der Waals surface area (Å²) in [4.78, 5) is 12.0. The van der Waals surface area contributed by atoms with Gasteiger partial charge in [-0.15, -0.1) is 0 Å². The fourth-order valence-corrected chi connectivity index (χ4v) is 6.68. The van der Waals surface area contributed by atoms with Gasteiger partial charge in [0.2, 0.25) is 0 Å². The first-order chi connectivity index (χ1) is 10.5. The standard InChI is InChI=1S/C19H19O2P/c1-22(21,16-10-4-2-5-11-16,17-12-6-3-7-13-17)19-15-9-8-14-18(19)20/h2-15,20-21H,1H3. The normalized spacial score (nSPS) is 13.3. The van der Waals surface area contributed by atoms with Gasteiger partial charge >= 0.3 is 130 Å². The van der Waals surface area contributed by atoms with Crippen LogP contribution in [0.15, 0.2) is 84.9 Å². The Balaban J connectivity index is 2.41. The molecule has 2 nitrogen and oxygen atoms in total. The number of hydrogen-bond acceptors (Lipinski definition) is 2. The Morgan fingerprint density at radius 2 is 1.05 bits per heavy atom. The van der Waals surface area contributed by atoms with E-state index in [1.807, 2.05) is 79.5 Å². The van der Waals surface area contributed by atoms with E-state index in [4.69, 9.17) is 0 Å². The van der Waals surface area contributed by atoms with Gasteiger partial charge < -0.3 is 0 Å². The number of aromatic hydroxyl groups is 1. The van der Waals surface area contributed by atoms with Crippen molar-refractivity contribution in [2.75, 3.05) is 6.66 Å². The van der Waals surface area contributed by atoms with Crippen LogP contribution >= 0.6 is 6.83 Å². The molecule has 0 aromatic heterocycles. The van der Waals surface area contributed by atoms with Crippen LogP contribution in [-0.4, -0.2) is 16.7 Å². The molecule has 22 heavy (non-hydrogen) atoms. The van der Waals surface area contributed by atoms with Crippen LogP contribution < -0.4 is 15.9 Å². The quantitative estimate of drug-likeness (QED) is 0.730. The zero-order valence-corrected chi connectivity index (χ0v) is 13.3. The number of phenolic OH excluding ortho intramolecular Hbond substituents is 1. The summed E-state index contributed by atoms with van der Waals surface area (Å²) in [6.07, 6.45) is 0. The summed E-state index contributed by atoms with van der Waals surface area (Å²) >= 11 is 0. The fourth-order valence-electron chi connectivity index (χ4n) is 2.94. The Kier molecular flexibility index (Phi) is 3.52. The Bertz CT molecular complexity index is 739. The van der Waals surface area contributed by atoms with Crippen molar-refractivity contribution in [3.8, 4) is 5.75 Å². The van der Waals surface area contributed by atoms with E-state index < -0.39 is 6.83 Å². The molecule has 2 N–H and O–H groups in total. The van der Waals surface area contributed by atoms with Crippen LogP contribution in [0.4, 0.5) is 0 Å². The van der Waals surface area contributed by atoms with Gasteiger partial charge in [-0.3, -0.25) is 0 Å². The fraction of sp³-hybridized carbons (Fsp3) is 0.0526. The van der Waals surface area contributed by atoms with Crippen molar-refractivity contribution in [3.63, 3.8) is 0 Å². The summed E-state index contributed by atoms with van der Waals surface area (Å²) < 4.78 is 0. The van der Waals surface area contributed by atoms with Gasteiger partial charge in [-0.1, -0.05) is 0 Å². The van der Waals surface area contributed by atoms with Crippen molar-refractivity contribution in [3.05, 3.63) is 84.9 Å². The summed E-state index contributed by atoms with van der Waals surface area (Å²) in [5, 5.41) is 12.7. The van der Waals surface area contributed by atoms with E-state index in [-0.39, 0.29) is 5.75 Å². The van der Waals surface area contributed by atoms with E-state index >= 15 is 0 Å². The van der Waals surface area contributed by atoms with Crippen molar-refractivity contribution >= 4 is 22.7 Å². The predicted octanol–water partition coefficient (Wildman–Crippen LogP) is 2.76. The second kappa shape index (κ2) is 5.24. The Labute approximate surface area is 130 Å². The summed E-state index contributed by atoms with van der Waals surface area (Å²) in [6, 6.07) is 26.3. The first-order valence-electron chi connectivity index (χ1n) is 7.19. The molecule has 0 saturated heterocycles. The Hall–Kier alpha value is -2.15. The summed E-state index contributed by atoms with van der Waals surface area (Å²) in [5.74, 6) is 0.123. The summed E-state index contributed by atoms with van der Waals surface area (Å²) in [7, 11) is 0. The van der Waals surface area contributed by atoms with E-state index in [0.717, 1.165) is 10.6 Å². The van der Waals surface area contributed by atoms with Crippen LogP contribution in [0.2, 0.25) is 0 Å². The van der Waals surface area contributed by atoms with Gasteiger partial charge in [0.05, 0.1) is 0 Å². The molecule has 0 radical (unpaired) electrons. The van der Waals surface area contributed by atoms with Gasteiger partial charge in [-0.25, -0.2) is 0 Å². The first-order valence-corrected chi connectivity index (χ1v) is 9.83. The van der Waals surface area contributed by atoms with Crippen molar-refractivity contribution in [2.24, 2.45) is 0 Å². The third-order valence-corrected chi connectivity index (χ3v) is 8.93. The van der Waals surface area contributed by atoms with Crippen molar-refractivity contribution in [2.45, 2.75) is 0 Å². The molecule has 0 aliphatic rings. The third-order valence-electron chi connectivity index (χ3n) is 4.25. The van der Waals surface area contributed by atoms with Crippen LogP contribution in [0.25, 0.3) is 0 Å². The molecule has 0 fully saturated rings. The van der Waals surface area contributed by atoms with Crippen LogP contribution in [0.3, 0.4) is 0 Å². The van der Waals surface area contributed by atoms with Crippen molar-refractivity contribution in [1.82, 2.24) is 0 Å². The monoisotopic (exact) mass is 310 g/mol. The topological polar surface area (TPSA) is 40.5 Å². The molecule has 0 saturated carbocycles. The number of rotatable bonds is 3. The molecule has 3 heteroatoms. The Morgan fingerprint density at radius 3 is 1.50 bits per heavy atom. The SMILES string of the molecule is CP(O)(c1ccccc1)(c1ccccc1)c1ccccc1O. The summed E-state index contributed by atoms with van der Waals surface area (Å²) in [6.45, 7) is -1.81. The minimum atomic E-state index is -3.67. The second-order valence-electron chi connectivity index (χ2n) is 5.67.